The van der Waals surface area contributed by atoms with Crippen molar-refractivity contribution >= 4 is 6.29 Å². The van der Waals surface area contributed by atoms with Gasteiger partial charge in [-0.05, 0) is 23.8 Å². The maximum atomic E-state index is 10.9. The molecule has 4 nitrogen and oxygen atoms in total. The van der Waals surface area contributed by atoms with Gasteiger partial charge in [0.2, 0.25) is 0 Å². The van der Waals surface area contributed by atoms with Crippen LogP contribution in [0.15, 0.2) is 42.5 Å². The smallest absolute Gasteiger partial charge is 0.150 e. The van der Waals surface area contributed by atoms with Crippen molar-refractivity contribution in [3.63, 3.8) is 0 Å². The van der Waals surface area contributed by atoms with Crippen LogP contribution in [0.4, 0.5) is 0 Å². The van der Waals surface area contributed by atoms with Crippen molar-refractivity contribution in [1.29, 1.82) is 0 Å². The molecule has 2 aromatic carbocycles. The van der Waals surface area contributed by atoms with Crippen molar-refractivity contribution in [1.82, 2.24) is 4.90 Å². The normalized spacial score (nSPS) is 14.6. The highest BCUT2D eigenvalue weighted by atomic mass is 16.5. The number of benzene rings is 2. The van der Waals surface area contributed by atoms with Crippen LogP contribution in [0.3, 0.4) is 0 Å². The Balaban J connectivity index is 1.73. The van der Waals surface area contributed by atoms with Crippen molar-refractivity contribution in [2.24, 2.45) is 0 Å². The minimum atomic E-state index is 0.630. The fourth-order valence-corrected chi connectivity index (χ4v) is 2.64. The summed E-state index contributed by atoms with van der Waals surface area (Å²) in [5, 5.41) is 0. The summed E-state index contributed by atoms with van der Waals surface area (Å²) in [6, 6.07) is 13.8. The molecule has 1 aliphatic rings. The molecule has 0 aromatic heterocycles. The van der Waals surface area contributed by atoms with Crippen LogP contribution in [0.25, 0.3) is 0 Å². The molecule has 2 aromatic rings. The number of ether oxygens (including phenoxy) is 2. The third kappa shape index (κ3) is 3.28. The summed E-state index contributed by atoms with van der Waals surface area (Å²) < 4.78 is 11.0. The molecule has 114 valence electrons. The highest BCUT2D eigenvalue weighted by molar-refractivity contribution is 5.75. The summed E-state index contributed by atoms with van der Waals surface area (Å²) >= 11 is 0. The van der Waals surface area contributed by atoms with Gasteiger partial charge in [0, 0.05) is 30.8 Å². The lowest BCUT2D eigenvalue weighted by Gasteiger charge is -2.19. The fourth-order valence-electron chi connectivity index (χ4n) is 2.64. The topological polar surface area (TPSA) is 38.8 Å². The zero-order chi connectivity index (χ0) is 15.4. The lowest BCUT2D eigenvalue weighted by molar-refractivity contribution is 0.112. The van der Waals surface area contributed by atoms with Crippen LogP contribution in [-0.4, -0.2) is 31.4 Å². The number of nitrogens with zero attached hydrogens (tertiary/aromatic N) is 1. The minimum absolute atomic E-state index is 0.630. The third-order valence-corrected chi connectivity index (χ3v) is 3.85. The highest BCUT2D eigenvalue weighted by Gasteiger charge is 2.16. The maximum Gasteiger partial charge on any atom is 0.150 e. The molecule has 0 aliphatic carbocycles. The molecule has 22 heavy (non-hydrogen) atoms. The number of carbonyl (C=O) groups is 1. The van der Waals surface area contributed by atoms with E-state index in [1.165, 1.54) is 5.56 Å². The standard InChI is InChI=1S/C18H19NO3/c1-21-17-6-3-14(4-7-17)11-19-8-9-22-18-10-15(13-20)2-5-16(18)12-19/h2-7,10,13H,8-9,11-12H2,1H3. The van der Waals surface area contributed by atoms with Gasteiger partial charge in [0.05, 0.1) is 7.11 Å². The predicted molar refractivity (Wildman–Crippen MR) is 84.4 cm³/mol. The Bertz CT molecular complexity index is 652. The van der Waals surface area contributed by atoms with E-state index in [0.29, 0.717) is 12.2 Å². The van der Waals surface area contributed by atoms with E-state index in [4.69, 9.17) is 9.47 Å². The zero-order valence-electron chi connectivity index (χ0n) is 12.6. The molecule has 4 heteroatoms. The van der Waals surface area contributed by atoms with Crippen molar-refractivity contribution in [3.8, 4) is 11.5 Å². The number of aldehydes is 1. The van der Waals surface area contributed by atoms with Crippen LogP contribution >= 0.6 is 0 Å². The van der Waals surface area contributed by atoms with E-state index in [0.717, 1.165) is 43.0 Å². The van der Waals surface area contributed by atoms with Crippen LogP contribution < -0.4 is 9.47 Å². The third-order valence-electron chi connectivity index (χ3n) is 3.85. The summed E-state index contributed by atoms with van der Waals surface area (Å²) in [7, 11) is 1.67. The van der Waals surface area contributed by atoms with Crippen LogP contribution in [0.5, 0.6) is 11.5 Å². The summed E-state index contributed by atoms with van der Waals surface area (Å²) in [4.78, 5) is 13.2. The molecule has 0 amide bonds. The first kappa shape index (κ1) is 14.6. The van der Waals surface area contributed by atoms with Gasteiger partial charge in [0.15, 0.2) is 0 Å². The largest absolute Gasteiger partial charge is 0.497 e. The number of fused-ring (bicyclic) bond motifs is 1. The molecule has 0 fully saturated rings. The Kier molecular flexibility index (Phi) is 4.39. The van der Waals surface area contributed by atoms with Gasteiger partial charge < -0.3 is 9.47 Å². The first-order valence-corrected chi connectivity index (χ1v) is 7.34. The number of hydrogen-bond donors (Lipinski definition) is 0. The Hall–Kier alpha value is -2.33. The van der Waals surface area contributed by atoms with E-state index in [1.54, 1.807) is 7.11 Å². The molecular formula is C18H19NO3. The van der Waals surface area contributed by atoms with Crippen LogP contribution in [-0.2, 0) is 13.1 Å². The molecule has 3 rings (SSSR count). The van der Waals surface area contributed by atoms with E-state index in [9.17, 15) is 4.79 Å². The summed E-state index contributed by atoms with van der Waals surface area (Å²) in [5.74, 6) is 1.69. The zero-order valence-corrected chi connectivity index (χ0v) is 12.6. The van der Waals surface area contributed by atoms with Crippen LogP contribution in [0.2, 0.25) is 0 Å². The van der Waals surface area contributed by atoms with Gasteiger partial charge in [-0.2, -0.15) is 0 Å². The summed E-state index contributed by atoms with van der Waals surface area (Å²) in [5.41, 5.74) is 3.02. The molecular weight excluding hydrogens is 278 g/mol. The van der Waals surface area contributed by atoms with Gasteiger partial charge in [-0.1, -0.05) is 24.3 Å². The molecule has 1 heterocycles. The lowest BCUT2D eigenvalue weighted by atomic mass is 10.1. The number of methoxy groups -OCH3 is 1. The van der Waals surface area contributed by atoms with Gasteiger partial charge >= 0.3 is 0 Å². The van der Waals surface area contributed by atoms with E-state index < -0.39 is 0 Å². The van der Waals surface area contributed by atoms with Crippen molar-refractivity contribution in [2.75, 3.05) is 20.3 Å². The number of rotatable bonds is 4. The Labute approximate surface area is 130 Å². The lowest BCUT2D eigenvalue weighted by Crippen LogP contribution is -2.25. The van der Waals surface area contributed by atoms with Crippen molar-refractivity contribution in [3.05, 3.63) is 59.2 Å². The molecule has 0 atom stereocenters. The second kappa shape index (κ2) is 6.62. The maximum absolute atomic E-state index is 10.9. The fraction of sp³-hybridized carbons (Fsp3) is 0.278. The molecule has 0 unspecified atom stereocenters. The summed E-state index contributed by atoms with van der Waals surface area (Å²) in [6.45, 7) is 3.17. The number of hydrogen-bond acceptors (Lipinski definition) is 4. The van der Waals surface area contributed by atoms with Crippen molar-refractivity contribution < 1.29 is 14.3 Å². The summed E-state index contributed by atoms with van der Waals surface area (Å²) in [6.07, 6.45) is 0.851. The molecule has 0 saturated heterocycles. The first-order valence-electron chi connectivity index (χ1n) is 7.34. The van der Waals surface area contributed by atoms with E-state index in [-0.39, 0.29) is 0 Å². The van der Waals surface area contributed by atoms with E-state index in [2.05, 4.69) is 17.0 Å². The monoisotopic (exact) mass is 297 g/mol. The van der Waals surface area contributed by atoms with Gasteiger partial charge in [-0.15, -0.1) is 0 Å². The Morgan fingerprint density at radius 1 is 1.23 bits per heavy atom. The average molecular weight is 297 g/mol. The van der Waals surface area contributed by atoms with Gasteiger partial charge in [0.25, 0.3) is 0 Å². The van der Waals surface area contributed by atoms with E-state index >= 15 is 0 Å². The van der Waals surface area contributed by atoms with Gasteiger partial charge in [-0.3, -0.25) is 9.69 Å². The quantitative estimate of drug-likeness (QED) is 0.813. The molecule has 1 aliphatic heterocycles. The molecule has 0 spiro atoms. The first-order chi connectivity index (χ1) is 10.8. The number of carbonyl (C=O) groups excluding carboxylic acids is 1. The Morgan fingerprint density at radius 2 is 2.05 bits per heavy atom. The van der Waals surface area contributed by atoms with Crippen LogP contribution in [0, 0.1) is 0 Å². The van der Waals surface area contributed by atoms with Crippen molar-refractivity contribution in [2.45, 2.75) is 13.1 Å². The SMILES string of the molecule is COc1ccc(CN2CCOc3cc(C=O)ccc3C2)cc1. The average Bonchev–Trinajstić information content (AvgIpc) is 2.76. The van der Waals surface area contributed by atoms with Gasteiger partial charge in [-0.25, -0.2) is 0 Å². The minimum Gasteiger partial charge on any atom is -0.497 e. The highest BCUT2D eigenvalue weighted by Crippen LogP contribution is 2.25. The second-order valence-corrected chi connectivity index (χ2v) is 5.39. The predicted octanol–water partition coefficient (Wildman–Crippen LogP) is 2.90. The molecule has 0 N–H and O–H groups in total. The molecule has 0 bridgehead atoms. The van der Waals surface area contributed by atoms with Crippen LogP contribution in [0.1, 0.15) is 21.5 Å². The van der Waals surface area contributed by atoms with Gasteiger partial charge in [0.1, 0.15) is 24.4 Å². The Morgan fingerprint density at radius 3 is 2.77 bits per heavy atom. The second-order valence-electron chi connectivity index (χ2n) is 5.39. The molecule has 0 radical (unpaired) electrons. The van der Waals surface area contributed by atoms with E-state index in [1.807, 2.05) is 30.3 Å². The molecule has 0 saturated carbocycles.